The number of ether oxygens (including phenoxy) is 1. The second-order valence-corrected chi connectivity index (χ2v) is 6.96. The summed E-state index contributed by atoms with van der Waals surface area (Å²) in [5.74, 6) is 1.34. The van der Waals surface area contributed by atoms with E-state index in [0.717, 1.165) is 33.7 Å². The molecule has 0 atom stereocenters. The Bertz CT molecular complexity index is 1100. The van der Waals surface area contributed by atoms with Crippen molar-refractivity contribution in [3.63, 3.8) is 0 Å². The average molecular weight is 454 g/mol. The van der Waals surface area contributed by atoms with Crippen molar-refractivity contribution in [3.05, 3.63) is 75.9 Å². The SMILES string of the molecule is COc1cccc(-c2nc3cc(N=Cc4cccc(I)c4)ccc3o2)c1. The molecular formula is C21H15IN2O2. The Kier molecular flexibility index (Phi) is 4.71. The Labute approximate surface area is 164 Å². The Morgan fingerprint density at radius 1 is 1.04 bits per heavy atom. The molecule has 5 heteroatoms. The normalized spacial score (nSPS) is 11.3. The first kappa shape index (κ1) is 16.8. The monoisotopic (exact) mass is 454 g/mol. The summed E-state index contributed by atoms with van der Waals surface area (Å²) in [6.45, 7) is 0. The van der Waals surface area contributed by atoms with Crippen LogP contribution in [0.3, 0.4) is 0 Å². The molecule has 1 heterocycles. The van der Waals surface area contributed by atoms with Crippen LogP contribution in [0.2, 0.25) is 0 Å². The predicted octanol–water partition coefficient (Wildman–Crippen LogP) is 5.86. The van der Waals surface area contributed by atoms with Gasteiger partial charge in [-0.05, 0) is 76.7 Å². The number of fused-ring (bicyclic) bond motifs is 1. The van der Waals surface area contributed by atoms with Gasteiger partial charge in [-0.15, -0.1) is 0 Å². The predicted molar refractivity (Wildman–Crippen MR) is 112 cm³/mol. The smallest absolute Gasteiger partial charge is 0.227 e. The molecule has 0 saturated heterocycles. The second-order valence-electron chi connectivity index (χ2n) is 5.72. The maximum Gasteiger partial charge on any atom is 0.227 e. The largest absolute Gasteiger partial charge is 0.497 e. The molecule has 0 radical (unpaired) electrons. The number of hydrogen-bond acceptors (Lipinski definition) is 4. The van der Waals surface area contributed by atoms with Crippen molar-refractivity contribution in [1.82, 2.24) is 4.98 Å². The fourth-order valence-corrected chi connectivity index (χ4v) is 3.18. The number of nitrogens with zero attached hydrogens (tertiary/aromatic N) is 2. The molecule has 0 aliphatic rings. The summed E-state index contributed by atoms with van der Waals surface area (Å²) in [6.07, 6.45) is 1.85. The van der Waals surface area contributed by atoms with Gasteiger partial charge < -0.3 is 9.15 Å². The summed E-state index contributed by atoms with van der Waals surface area (Å²) < 4.78 is 12.3. The van der Waals surface area contributed by atoms with Gasteiger partial charge in [0.2, 0.25) is 5.89 Å². The minimum atomic E-state index is 0.567. The average Bonchev–Trinajstić information content (AvgIpc) is 3.10. The highest BCUT2D eigenvalue weighted by atomic mass is 127. The lowest BCUT2D eigenvalue weighted by molar-refractivity contribution is 0.415. The Morgan fingerprint density at radius 2 is 1.92 bits per heavy atom. The highest BCUT2D eigenvalue weighted by molar-refractivity contribution is 14.1. The van der Waals surface area contributed by atoms with E-state index in [1.54, 1.807) is 7.11 Å². The van der Waals surface area contributed by atoms with Crippen LogP contribution < -0.4 is 4.74 Å². The van der Waals surface area contributed by atoms with E-state index in [-0.39, 0.29) is 0 Å². The highest BCUT2D eigenvalue weighted by Crippen LogP contribution is 2.28. The summed E-state index contributed by atoms with van der Waals surface area (Å²) in [7, 11) is 1.64. The molecule has 0 spiro atoms. The molecule has 1 aromatic heterocycles. The van der Waals surface area contributed by atoms with Crippen LogP contribution in [0.4, 0.5) is 5.69 Å². The van der Waals surface area contributed by atoms with Crippen molar-refractivity contribution in [2.24, 2.45) is 4.99 Å². The lowest BCUT2D eigenvalue weighted by Crippen LogP contribution is -1.83. The fourth-order valence-electron chi connectivity index (χ4n) is 2.61. The number of aliphatic imine (C=N–C) groups is 1. The van der Waals surface area contributed by atoms with Gasteiger partial charge in [-0.3, -0.25) is 4.99 Å². The van der Waals surface area contributed by atoms with Crippen LogP contribution in [0.5, 0.6) is 5.75 Å². The topological polar surface area (TPSA) is 47.6 Å². The number of oxazole rings is 1. The van der Waals surface area contributed by atoms with Crippen LogP contribution in [0.1, 0.15) is 5.56 Å². The van der Waals surface area contributed by atoms with Crippen molar-refractivity contribution in [2.45, 2.75) is 0 Å². The molecule has 26 heavy (non-hydrogen) atoms. The van der Waals surface area contributed by atoms with Gasteiger partial charge in [-0.1, -0.05) is 18.2 Å². The van der Waals surface area contributed by atoms with E-state index in [1.165, 1.54) is 3.57 Å². The third-order valence-corrected chi connectivity index (χ3v) is 4.57. The first-order valence-corrected chi connectivity index (χ1v) is 9.14. The van der Waals surface area contributed by atoms with Crippen LogP contribution in [-0.2, 0) is 0 Å². The molecule has 0 bridgehead atoms. The third-order valence-electron chi connectivity index (χ3n) is 3.90. The van der Waals surface area contributed by atoms with E-state index < -0.39 is 0 Å². The fraction of sp³-hybridized carbons (Fsp3) is 0.0476. The number of aromatic nitrogens is 1. The zero-order chi connectivity index (χ0) is 17.9. The van der Waals surface area contributed by atoms with Crippen LogP contribution >= 0.6 is 22.6 Å². The minimum Gasteiger partial charge on any atom is -0.497 e. The molecule has 0 amide bonds. The Morgan fingerprint density at radius 3 is 2.77 bits per heavy atom. The molecule has 0 unspecified atom stereocenters. The van der Waals surface area contributed by atoms with Crippen LogP contribution in [0.25, 0.3) is 22.6 Å². The number of benzene rings is 3. The molecule has 4 aromatic rings. The lowest BCUT2D eigenvalue weighted by Gasteiger charge is -2.00. The van der Waals surface area contributed by atoms with Crippen molar-refractivity contribution >= 4 is 45.6 Å². The zero-order valence-corrected chi connectivity index (χ0v) is 16.2. The lowest BCUT2D eigenvalue weighted by atomic mass is 10.2. The molecule has 0 fully saturated rings. The van der Waals surface area contributed by atoms with Gasteiger partial charge in [-0.2, -0.15) is 0 Å². The molecular weight excluding hydrogens is 439 g/mol. The van der Waals surface area contributed by atoms with E-state index in [1.807, 2.05) is 60.8 Å². The van der Waals surface area contributed by atoms with Gasteiger partial charge in [0.1, 0.15) is 11.3 Å². The van der Waals surface area contributed by atoms with Crippen molar-refractivity contribution in [1.29, 1.82) is 0 Å². The summed E-state index contributed by atoms with van der Waals surface area (Å²) >= 11 is 2.29. The van der Waals surface area contributed by atoms with Crippen LogP contribution in [-0.4, -0.2) is 18.3 Å². The van der Waals surface area contributed by atoms with Gasteiger partial charge in [0.25, 0.3) is 0 Å². The number of rotatable bonds is 4. The third kappa shape index (κ3) is 3.62. The standard InChI is InChI=1S/C21H15IN2O2/c1-25-18-7-3-5-15(11-18)21-24-19-12-17(8-9-20(19)26-21)23-13-14-4-2-6-16(22)10-14/h2-13H,1H3. The quantitative estimate of drug-likeness (QED) is 0.287. The summed E-state index contributed by atoms with van der Waals surface area (Å²) in [5, 5.41) is 0. The molecule has 0 saturated carbocycles. The number of halogens is 1. The maximum atomic E-state index is 5.87. The van der Waals surface area contributed by atoms with E-state index in [9.17, 15) is 0 Å². The van der Waals surface area contributed by atoms with Crippen molar-refractivity contribution < 1.29 is 9.15 Å². The summed E-state index contributed by atoms with van der Waals surface area (Å²) in [4.78, 5) is 9.14. The zero-order valence-electron chi connectivity index (χ0n) is 14.0. The molecule has 0 N–H and O–H groups in total. The van der Waals surface area contributed by atoms with E-state index >= 15 is 0 Å². The van der Waals surface area contributed by atoms with E-state index in [4.69, 9.17) is 9.15 Å². The van der Waals surface area contributed by atoms with Crippen LogP contribution in [0.15, 0.2) is 76.1 Å². The van der Waals surface area contributed by atoms with E-state index in [2.05, 4.69) is 44.7 Å². The highest BCUT2D eigenvalue weighted by Gasteiger charge is 2.09. The molecule has 0 aliphatic carbocycles. The molecule has 0 aliphatic heterocycles. The first-order valence-electron chi connectivity index (χ1n) is 8.06. The summed E-state index contributed by atoms with van der Waals surface area (Å²) in [5.41, 5.74) is 4.29. The van der Waals surface area contributed by atoms with Gasteiger partial charge in [0.05, 0.1) is 12.8 Å². The second kappa shape index (κ2) is 7.29. The van der Waals surface area contributed by atoms with Gasteiger partial charge >= 0.3 is 0 Å². The minimum absolute atomic E-state index is 0.567. The molecule has 128 valence electrons. The van der Waals surface area contributed by atoms with Crippen molar-refractivity contribution in [2.75, 3.05) is 7.11 Å². The molecule has 4 nitrogen and oxygen atoms in total. The first-order chi connectivity index (χ1) is 12.7. The maximum absolute atomic E-state index is 5.87. The van der Waals surface area contributed by atoms with Crippen molar-refractivity contribution in [3.8, 4) is 17.2 Å². The van der Waals surface area contributed by atoms with Gasteiger partial charge in [0, 0.05) is 15.3 Å². The van der Waals surface area contributed by atoms with Gasteiger partial charge in [0.15, 0.2) is 5.58 Å². The van der Waals surface area contributed by atoms with Gasteiger partial charge in [-0.25, -0.2) is 4.98 Å². The molecule has 4 rings (SSSR count). The number of hydrogen-bond donors (Lipinski definition) is 0. The van der Waals surface area contributed by atoms with Crippen LogP contribution in [0, 0.1) is 3.57 Å². The Hall–Kier alpha value is -2.67. The van der Waals surface area contributed by atoms with E-state index in [0.29, 0.717) is 5.89 Å². The molecule has 3 aromatic carbocycles. The summed E-state index contributed by atoms with van der Waals surface area (Å²) in [6, 6.07) is 21.6. The Balaban J connectivity index is 1.65. The number of methoxy groups -OCH3 is 1.